The van der Waals surface area contributed by atoms with Gasteiger partial charge in [0, 0.05) is 15.9 Å². The summed E-state index contributed by atoms with van der Waals surface area (Å²) in [6, 6.07) is 9.91. The van der Waals surface area contributed by atoms with Crippen molar-refractivity contribution in [3.63, 3.8) is 0 Å². The van der Waals surface area contributed by atoms with Crippen LogP contribution in [-0.4, -0.2) is 4.76 Å². The van der Waals surface area contributed by atoms with Gasteiger partial charge in [0.1, 0.15) is 0 Å². The third-order valence-corrected chi connectivity index (χ3v) is 2.07. The summed E-state index contributed by atoms with van der Waals surface area (Å²) in [7, 11) is 0. The molecule has 1 aromatic carbocycles. The SMILES string of the molecule is BrC1(OCc2ccccc2)N=N1. The topological polar surface area (TPSA) is 34.0 Å². The number of alkyl halides is 1. The van der Waals surface area contributed by atoms with E-state index in [0.717, 1.165) is 5.56 Å². The Hall–Kier alpha value is -0.740. The highest BCUT2D eigenvalue weighted by atomic mass is 79.9. The van der Waals surface area contributed by atoms with Gasteiger partial charge in [-0.25, -0.2) is 0 Å². The van der Waals surface area contributed by atoms with Gasteiger partial charge in [0.05, 0.1) is 6.61 Å². The first kappa shape index (κ1) is 7.89. The molecule has 2 rings (SSSR count). The van der Waals surface area contributed by atoms with E-state index >= 15 is 0 Å². The summed E-state index contributed by atoms with van der Waals surface area (Å²) in [5, 5.41) is 7.34. The molecule has 0 unspecified atom stereocenters. The van der Waals surface area contributed by atoms with Crippen LogP contribution in [0.25, 0.3) is 0 Å². The number of ether oxygens (including phenoxy) is 1. The van der Waals surface area contributed by atoms with Gasteiger partial charge in [-0.3, -0.25) is 0 Å². The van der Waals surface area contributed by atoms with Crippen molar-refractivity contribution in [2.75, 3.05) is 0 Å². The van der Waals surface area contributed by atoms with Crippen molar-refractivity contribution in [3.8, 4) is 0 Å². The molecule has 0 aromatic heterocycles. The molecule has 0 atom stereocenters. The van der Waals surface area contributed by atoms with E-state index in [1.54, 1.807) is 0 Å². The maximum absolute atomic E-state index is 5.31. The molecule has 1 heterocycles. The first-order chi connectivity index (χ1) is 5.79. The Kier molecular flexibility index (Phi) is 1.94. The largest absolute Gasteiger partial charge is 0.351 e. The molecule has 1 aromatic rings. The molecule has 1 aliphatic rings. The zero-order valence-electron chi connectivity index (χ0n) is 6.27. The standard InChI is InChI=1S/C8H7BrN2O/c9-8(10-11-8)12-6-7-4-2-1-3-5-7/h1-5H,6H2. The number of hydrogen-bond donors (Lipinski definition) is 0. The third kappa shape index (κ3) is 1.89. The number of nitrogens with zero attached hydrogens (tertiary/aromatic N) is 2. The van der Waals surface area contributed by atoms with Gasteiger partial charge in [0.25, 0.3) is 0 Å². The first-order valence-electron chi connectivity index (χ1n) is 3.59. The number of benzene rings is 1. The van der Waals surface area contributed by atoms with Crippen molar-refractivity contribution >= 4 is 15.9 Å². The summed E-state index contributed by atoms with van der Waals surface area (Å²) in [5.74, 6) is 0. The molecule has 62 valence electrons. The van der Waals surface area contributed by atoms with E-state index in [-0.39, 0.29) is 0 Å². The minimum atomic E-state index is -0.733. The summed E-state index contributed by atoms with van der Waals surface area (Å²) in [5.41, 5.74) is 1.12. The number of hydrogen-bond acceptors (Lipinski definition) is 3. The van der Waals surface area contributed by atoms with E-state index in [1.165, 1.54) is 0 Å². The van der Waals surface area contributed by atoms with Gasteiger partial charge in [-0.2, -0.15) is 0 Å². The van der Waals surface area contributed by atoms with Gasteiger partial charge < -0.3 is 4.74 Å². The number of halogens is 1. The quantitative estimate of drug-likeness (QED) is 0.577. The predicted octanol–water partition coefficient (Wildman–Crippen LogP) is 2.68. The van der Waals surface area contributed by atoms with Crippen LogP contribution in [0.1, 0.15) is 5.56 Å². The van der Waals surface area contributed by atoms with Crippen molar-refractivity contribution in [1.82, 2.24) is 0 Å². The maximum atomic E-state index is 5.31. The molecular weight excluding hydrogens is 220 g/mol. The third-order valence-electron chi connectivity index (χ3n) is 1.52. The van der Waals surface area contributed by atoms with E-state index < -0.39 is 4.76 Å². The van der Waals surface area contributed by atoms with Crippen molar-refractivity contribution in [2.45, 2.75) is 11.4 Å². The van der Waals surface area contributed by atoms with Crippen molar-refractivity contribution in [3.05, 3.63) is 35.9 Å². The van der Waals surface area contributed by atoms with Crippen LogP contribution in [0.4, 0.5) is 0 Å². The lowest BCUT2D eigenvalue weighted by molar-refractivity contribution is 0.0756. The second-order valence-electron chi connectivity index (χ2n) is 2.50. The molecule has 0 spiro atoms. The highest BCUT2D eigenvalue weighted by molar-refractivity contribution is 9.10. The molecule has 0 N–H and O–H groups in total. The van der Waals surface area contributed by atoms with Crippen LogP contribution in [0.15, 0.2) is 40.6 Å². The molecule has 0 aliphatic carbocycles. The van der Waals surface area contributed by atoms with Gasteiger partial charge in [-0.1, -0.05) is 30.3 Å². The lowest BCUT2D eigenvalue weighted by Gasteiger charge is -2.03. The van der Waals surface area contributed by atoms with Crippen LogP contribution in [-0.2, 0) is 11.3 Å². The fraction of sp³-hybridized carbons (Fsp3) is 0.250. The molecule has 0 saturated carbocycles. The minimum Gasteiger partial charge on any atom is -0.319 e. The minimum absolute atomic E-state index is 0.527. The second-order valence-corrected chi connectivity index (χ2v) is 3.54. The highest BCUT2D eigenvalue weighted by Gasteiger charge is 2.37. The van der Waals surface area contributed by atoms with E-state index in [0.29, 0.717) is 6.61 Å². The fourth-order valence-corrected chi connectivity index (χ4v) is 1.04. The Morgan fingerprint density at radius 1 is 1.25 bits per heavy atom. The molecule has 0 bridgehead atoms. The van der Waals surface area contributed by atoms with Crippen LogP contribution >= 0.6 is 15.9 Å². The van der Waals surface area contributed by atoms with Crippen LogP contribution < -0.4 is 0 Å². The normalized spacial score (nSPS) is 17.8. The van der Waals surface area contributed by atoms with E-state index in [4.69, 9.17) is 4.74 Å². The smallest absolute Gasteiger partial charge is 0.319 e. The Labute approximate surface area is 78.6 Å². The van der Waals surface area contributed by atoms with E-state index in [2.05, 4.69) is 26.2 Å². The highest BCUT2D eigenvalue weighted by Crippen LogP contribution is 2.36. The first-order valence-corrected chi connectivity index (χ1v) is 4.39. The molecule has 12 heavy (non-hydrogen) atoms. The zero-order chi connectivity index (χ0) is 8.44. The Balaban J connectivity index is 1.88. The lowest BCUT2D eigenvalue weighted by Crippen LogP contribution is -2.05. The summed E-state index contributed by atoms with van der Waals surface area (Å²) in [4.78, 5) is 0. The van der Waals surface area contributed by atoms with Gasteiger partial charge in [-0.15, -0.1) is 10.2 Å². The Morgan fingerprint density at radius 2 is 1.92 bits per heavy atom. The van der Waals surface area contributed by atoms with E-state index in [9.17, 15) is 0 Å². The van der Waals surface area contributed by atoms with Crippen LogP contribution in [0.2, 0.25) is 0 Å². The van der Waals surface area contributed by atoms with Crippen molar-refractivity contribution in [2.24, 2.45) is 10.2 Å². The average Bonchev–Trinajstić information content (AvgIpc) is 2.84. The summed E-state index contributed by atoms with van der Waals surface area (Å²) in [6.45, 7) is 0.527. The zero-order valence-corrected chi connectivity index (χ0v) is 7.86. The van der Waals surface area contributed by atoms with Crippen molar-refractivity contribution < 1.29 is 4.74 Å². The monoisotopic (exact) mass is 226 g/mol. The van der Waals surface area contributed by atoms with E-state index in [1.807, 2.05) is 30.3 Å². The van der Waals surface area contributed by atoms with Gasteiger partial charge in [0.15, 0.2) is 0 Å². The molecule has 0 amide bonds. The molecule has 3 nitrogen and oxygen atoms in total. The molecule has 0 saturated heterocycles. The molecular formula is C8H7BrN2O. The molecule has 0 fully saturated rings. The average molecular weight is 227 g/mol. The lowest BCUT2D eigenvalue weighted by atomic mass is 10.2. The van der Waals surface area contributed by atoms with Crippen molar-refractivity contribution in [1.29, 1.82) is 0 Å². The van der Waals surface area contributed by atoms with Gasteiger partial charge in [-0.05, 0) is 5.56 Å². The summed E-state index contributed by atoms with van der Waals surface area (Å²) in [6.07, 6.45) is 0. The summed E-state index contributed by atoms with van der Waals surface area (Å²) < 4.78 is 4.58. The maximum Gasteiger partial charge on any atom is 0.351 e. The summed E-state index contributed by atoms with van der Waals surface area (Å²) >= 11 is 3.19. The Bertz CT molecular complexity index is 293. The Morgan fingerprint density at radius 3 is 2.50 bits per heavy atom. The number of rotatable bonds is 3. The molecule has 1 aliphatic heterocycles. The van der Waals surface area contributed by atoms with Crippen LogP contribution in [0.3, 0.4) is 0 Å². The predicted molar refractivity (Wildman–Crippen MR) is 47.7 cm³/mol. The second kappa shape index (κ2) is 2.95. The molecule has 0 radical (unpaired) electrons. The fourth-order valence-electron chi connectivity index (χ4n) is 0.846. The van der Waals surface area contributed by atoms with Crippen LogP contribution in [0.5, 0.6) is 0 Å². The van der Waals surface area contributed by atoms with Gasteiger partial charge in [0.2, 0.25) is 0 Å². The van der Waals surface area contributed by atoms with Gasteiger partial charge >= 0.3 is 4.76 Å². The van der Waals surface area contributed by atoms with Crippen LogP contribution in [0, 0.1) is 0 Å². The molecule has 4 heteroatoms.